The van der Waals surface area contributed by atoms with Crippen molar-refractivity contribution < 1.29 is 9.90 Å². The Morgan fingerprint density at radius 1 is 1.09 bits per heavy atom. The normalized spacial score (nSPS) is 11.5. The van der Waals surface area contributed by atoms with E-state index in [2.05, 4.69) is 17.3 Å². The highest BCUT2D eigenvalue weighted by Crippen LogP contribution is 2.32. The van der Waals surface area contributed by atoms with Crippen LogP contribution in [-0.4, -0.2) is 36.7 Å². The lowest BCUT2D eigenvalue weighted by molar-refractivity contribution is -0.138. The van der Waals surface area contributed by atoms with Gasteiger partial charge in [-0.3, -0.25) is 14.2 Å². The van der Waals surface area contributed by atoms with Gasteiger partial charge in [0.1, 0.15) is 4.75 Å². The number of carbonyl (C=O) groups is 1. The van der Waals surface area contributed by atoms with Gasteiger partial charge in [0.15, 0.2) is 0 Å². The fourth-order valence-electron chi connectivity index (χ4n) is 3.31. The second kappa shape index (κ2) is 12.6. The number of carboxylic acids is 1. The van der Waals surface area contributed by atoms with Crippen LogP contribution in [0.3, 0.4) is 0 Å². The maximum Gasteiger partial charge on any atom is 0.347 e. The minimum Gasteiger partial charge on any atom is -0.480 e. The number of nitrogens with zero attached hydrogens (tertiary/aromatic N) is 3. The SMILES string of the molecule is CCCCCCCn1nc(NCCCc2ccc(SC(C)(C)C(=O)O)cc2)c(=O)n(C)c1=O. The van der Waals surface area contributed by atoms with Crippen molar-refractivity contribution >= 4 is 23.5 Å². The molecule has 0 aliphatic carbocycles. The first-order valence-electron chi connectivity index (χ1n) is 11.6. The van der Waals surface area contributed by atoms with E-state index in [1.165, 1.54) is 29.9 Å². The van der Waals surface area contributed by atoms with Gasteiger partial charge in [0, 0.05) is 25.0 Å². The van der Waals surface area contributed by atoms with Crippen molar-refractivity contribution in [3.63, 3.8) is 0 Å². The Morgan fingerprint density at radius 2 is 1.76 bits per heavy atom. The Labute approximate surface area is 199 Å². The van der Waals surface area contributed by atoms with E-state index in [4.69, 9.17) is 0 Å². The summed E-state index contributed by atoms with van der Waals surface area (Å²) in [6.07, 6.45) is 6.98. The molecule has 0 amide bonds. The molecule has 33 heavy (non-hydrogen) atoms. The van der Waals surface area contributed by atoms with Crippen molar-refractivity contribution in [3.05, 3.63) is 50.7 Å². The zero-order valence-corrected chi connectivity index (χ0v) is 20.9. The Hall–Kier alpha value is -2.55. The number of unbranched alkanes of at least 4 members (excludes halogenated alkanes) is 4. The highest BCUT2D eigenvalue weighted by atomic mass is 32.2. The first-order valence-corrected chi connectivity index (χ1v) is 12.4. The van der Waals surface area contributed by atoms with Crippen molar-refractivity contribution in [1.29, 1.82) is 0 Å². The van der Waals surface area contributed by atoms with Crippen LogP contribution >= 0.6 is 11.8 Å². The van der Waals surface area contributed by atoms with Gasteiger partial charge in [-0.15, -0.1) is 16.9 Å². The third-order valence-electron chi connectivity index (χ3n) is 5.46. The average Bonchev–Trinajstić information content (AvgIpc) is 2.78. The third-order valence-corrected chi connectivity index (χ3v) is 6.65. The molecule has 1 aromatic carbocycles. The molecule has 2 rings (SSSR count). The van der Waals surface area contributed by atoms with Crippen molar-refractivity contribution in [2.24, 2.45) is 7.05 Å². The zero-order chi connectivity index (χ0) is 24.4. The summed E-state index contributed by atoms with van der Waals surface area (Å²) >= 11 is 1.32. The van der Waals surface area contributed by atoms with Crippen LogP contribution in [0.1, 0.15) is 64.9 Å². The lowest BCUT2D eigenvalue weighted by atomic mass is 10.1. The largest absolute Gasteiger partial charge is 0.480 e. The monoisotopic (exact) mass is 476 g/mol. The molecule has 1 aromatic heterocycles. The summed E-state index contributed by atoms with van der Waals surface area (Å²) < 4.78 is 1.61. The van der Waals surface area contributed by atoms with Gasteiger partial charge in [-0.1, -0.05) is 44.7 Å². The van der Waals surface area contributed by atoms with Crippen LogP contribution in [0.5, 0.6) is 0 Å². The van der Waals surface area contributed by atoms with E-state index in [0.717, 1.165) is 53.6 Å². The minimum atomic E-state index is -0.878. The summed E-state index contributed by atoms with van der Waals surface area (Å²) in [7, 11) is 1.48. The van der Waals surface area contributed by atoms with E-state index in [1.807, 2.05) is 24.3 Å². The molecule has 9 heteroatoms. The van der Waals surface area contributed by atoms with E-state index in [0.29, 0.717) is 13.1 Å². The van der Waals surface area contributed by atoms with Gasteiger partial charge in [0.2, 0.25) is 5.82 Å². The molecule has 0 atom stereocenters. The summed E-state index contributed by atoms with van der Waals surface area (Å²) in [5.74, 6) is -0.640. The van der Waals surface area contributed by atoms with Gasteiger partial charge < -0.3 is 10.4 Å². The zero-order valence-electron chi connectivity index (χ0n) is 20.1. The maximum atomic E-state index is 12.4. The Balaban J connectivity index is 1.89. The van der Waals surface area contributed by atoms with E-state index >= 15 is 0 Å². The summed E-state index contributed by atoms with van der Waals surface area (Å²) in [4.78, 5) is 36.9. The van der Waals surface area contributed by atoms with Gasteiger partial charge in [-0.25, -0.2) is 9.48 Å². The van der Waals surface area contributed by atoms with Crippen LogP contribution in [0.2, 0.25) is 0 Å². The lowest BCUT2D eigenvalue weighted by Crippen LogP contribution is -2.41. The van der Waals surface area contributed by atoms with Crippen molar-refractivity contribution in [2.45, 2.75) is 81.9 Å². The predicted molar refractivity (Wildman–Crippen MR) is 133 cm³/mol. The molecular formula is C24H36N4O4S. The first kappa shape index (κ1) is 26.7. The van der Waals surface area contributed by atoms with E-state index < -0.39 is 16.3 Å². The number of rotatable bonds is 14. The van der Waals surface area contributed by atoms with Crippen molar-refractivity contribution in [3.8, 4) is 0 Å². The lowest BCUT2D eigenvalue weighted by Gasteiger charge is -2.18. The van der Waals surface area contributed by atoms with Gasteiger partial charge in [0.25, 0.3) is 5.56 Å². The fraction of sp³-hybridized carbons (Fsp3) is 0.583. The Bertz CT molecular complexity index is 1030. The first-order chi connectivity index (χ1) is 15.7. The standard InChI is InChI=1S/C24H36N4O4S/c1-5-6-7-8-9-17-28-23(32)27(4)21(29)20(26-28)25-16-10-11-18-12-14-19(15-13-18)33-24(2,3)22(30)31/h12-15H,5-11,16-17H2,1-4H3,(H,25,26)(H,30,31). The van der Waals surface area contributed by atoms with Crippen molar-refractivity contribution in [1.82, 2.24) is 14.3 Å². The number of benzene rings is 1. The number of aliphatic carboxylic acids is 1. The molecule has 1 heterocycles. The number of aryl methyl sites for hydroxylation is 2. The topological polar surface area (TPSA) is 106 Å². The molecule has 0 unspecified atom stereocenters. The number of carboxylic acid groups (broad SMARTS) is 1. The number of aromatic nitrogens is 3. The quantitative estimate of drug-likeness (QED) is 0.314. The highest BCUT2D eigenvalue weighted by molar-refractivity contribution is 8.01. The van der Waals surface area contributed by atoms with Crippen LogP contribution in [0.25, 0.3) is 0 Å². The van der Waals surface area contributed by atoms with E-state index in [-0.39, 0.29) is 11.5 Å². The number of hydrogen-bond donors (Lipinski definition) is 2. The number of nitrogens with one attached hydrogen (secondary N) is 1. The van der Waals surface area contributed by atoms with Crippen molar-refractivity contribution in [2.75, 3.05) is 11.9 Å². The van der Waals surface area contributed by atoms with Gasteiger partial charge in [-0.2, -0.15) is 0 Å². The molecular weight excluding hydrogens is 440 g/mol. The molecule has 0 saturated carbocycles. The molecule has 0 spiro atoms. The molecule has 0 radical (unpaired) electrons. The molecule has 0 fully saturated rings. The van der Waals surface area contributed by atoms with E-state index in [9.17, 15) is 19.5 Å². The van der Waals surface area contributed by atoms with Crippen LogP contribution in [-0.2, 0) is 24.8 Å². The number of thioether (sulfide) groups is 1. The van der Waals surface area contributed by atoms with Crippen LogP contribution in [0.15, 0.2) is 38.8 Å². The molecule has 8 nitrogen and oxygen atoms in total. The third kappa shape index (κ3) is 8.07. The fourth-order valence-corrected chi connectivity index (χ4v) is 4.26. The molecule has 0 bridgehead atoms. The molecule has 0 saturated heterocycles. The van der Waals surface area contributed by atoms with Gasteiger partial charge in [-0.05, 0) is 50.8 Å². The highest BCUT2D eigenvalue weighted by Gasteiger charge is 2.28. The molecule has 2 N–H and O–H groups in total. The molecule has 2 aromatic rings. The van der Waals surface area contributed by atoms with Crippen LogP contribution in [0, 0.1) is 0 Å². The van der Waals surface area contributed by atoms with Crippen LogP contribution in [0.4, 0.5) is 5.82 Å². The number of anilines is 1. The summed E-state index contributed by atoms with van der Waals surface area (Å²) in [5.41, 5.74) is 0.335. The predicted octanol–water partition coefficient (Wildman–Crippen LogP) is 3.91. The minimum absolute atomic E-state index is 0.202. The Kier molecular flexibility index (Phi) is 10.2. The summed E-state index contributed by atoms with van der Waals surface area (Å²) in [6.45, 7) is 6.60. The molecule has 0 aliphatic heterocycles. The molecule has 0 aliphatic rings. The van der Waals surface area contributed by atoms with Crippen LogP contribution < -0.4 is 16.6 Å². The second-order valence-electron chi connectivity index (χ2n) is 8.72. The van der Waals surface area contributed by atoms with Gasteiger partial charge >= 0.3 is 11.7 Å². The van der Waals surface area contributed by atoms with E-state index in [1.54, 1.807) is 13.8 Å². The summed E-state index contributed by atoms with van der Waals surface area (Å²) in [5, 5.41) is 16.6. The summed E-state index contributed by atoms with van der Waals surface area (Å²) in [6, 6.07) is 7.87. The second-order valence-corrected chi connectivity index (χ2v) is 10.4. The smallest absolute Gasteiger partial charge is 0.347 e. The van der Waals surface area contributed by atoms with Gasteiger partial charge in [0.05, 0.1) is 0 Å². The number of hydrogen-bond acceptors (Lipinski definition) is 6. The molecule has 182 valence electrons. The maximum absolute atomic E-state index is 12.4. The Morgan fingerprint density at radius 3 is 2.39 bits per heavy atom. The average molecular weight is 477 g/mol.